The van der Waals surface area contributed by atoms with Gasteiger partial charge in [-0.15, -0.1) is 0 Å². The molecule has 0 unspecified atom stereocenters. The van der Waals surface area contributed by atoms with Gasteiger partial charge in [0.25, 0.3) is 0 Å². The predicted molar refractivity (Wildman–Crippen MR) is 105 cm³/mol. The summed E-state index contributed by atoms with van der Waals surface area (Å²) in [4.78, 5) is 12.2. The average Bonchev–Trinajstić information content (AvgIpc) is 3.01. The van der Waals surface area contributed by atoms with Crippen molar-refractivity contribution in [2.24, 2.45) is 0 Å². The summed E-state index contributed by atoms with van der Waals surface area (Å²) in [5.41, 5.74) is 4.27. The molecular weight excluding hydrogens is 306 g/mol. The number of ketones is 1. The Morgan fingerprint density at radius 3 is 1.92 bits per heavy atom. The van der Waals surface area contributed by atoms with Crippen molar-refractivity contribution in [1.29, 1.82) is 0 Å². The highest BCUT2D eigenvalue weighted by Gasteiger charge is 2.12. The topological polar surface area (TPSA) is 22.0 Å². The van der Waals surface area contributed by atoms with Crippen molar-refractivity contribution < 1.29 is 4.79 Å². The number of rotatable bonds is 5. The van der Waals surface area contributed by atoms with Crippen molar-refractivity contribution in [2.75, 3.05) is 0 Å². The molecule has 124 valence electrons. The van der Waals surface area contributed by atoms with Gasteiger partial charge in [0.2, 0.25) is 0 Å². The summed E-state index contributed by atoms with van der Waals surface area (Å²) in [5, 5.41) is 2.50. The van der Waals surface area contributed by atoms with Crippen molar-refractivity contribution >= 4 is 27.6 Å². The minimum Gasteiger partial charge on any atom is -0.309 e. The standard InChI is InChI=1S/C23H21NO/c1-2-3-12-23(25)17-13-15-18(16-14-17)24-21-10-6-4-8-19(21)20-9-5-7-11-22(20)24/h4-11,13-16H,2-3,12H2,1H3. The first-order chi connectivity index (χ1) is 12.3. The van der Waals surface area contributed by atoms with E-state index in [1.165, 1.54) is 21.8 Å². The van der Waals surface area contributed by atoms with E-state index < -0.39 is 0 Å². The molecule has 1 heterocycles. The van der Waals surface area contributed by atoms with Gasteiger partial charge in [-0.25, -0.2) is 0 Å². The van der Waals surface area contributed by atoms with E-state index in [0.29, 0.717) is 6.42 Å². The zero-order valence-electron chi connectivity index (χ0n) is 14.4. The Hall–Kier alpha value is -2.87. The van der Waals surface area contributed by atoms with Gasteiger partial charge in [0.15, 0.2) is 5.78 Å². The fraction of sp³-hybridized carbons (Fsp3) is 0.174. The van der Waals surface area contributed by atoms with E-state index in [1.54, 1.807) is 0 Å². The normalized spacial score (nSPS) is 11.2. The first kappa shape index (κ1) is 15.6. The van der Waals surface area contributed by atoms with Crippen LogP contribution in [0.25, 0.3) is 27.5 Å². The molecule has 4 aromatic rings. The number of unbranched alkanes of at least 4 members (excludes halogenated alkanes) is 1. The Bertz CT molecular complexity index is 988. The van der Waals surface area contributed by atoms with Crippen LogP contribution in [0.3, 0.4) is 0 Å². The monoisotopic (exact) mass is 327 g/mol. The first-order valence-corrected chi connectivity index (χ1v) is 8.91. The molecule has 0 N–H and O–H groups in total. The molecule has 0 saturated carbocycles. The molecule has 2 heteroatoms. The van der Waals surface area contributed by atoms with Crippen molar-refractivity contribution in [2.45, 2.75) is 26.2 Å². The van der Waals surface area contributed by atoms with Gasteiger partial charge in [0.05, 0.1) is 11.0 Å². The first-order valence-electron chi connectivity index (χ1n) is 8.91. The van der Waals surface area contributed by atoms with E-state index in [0.717, 1.165) is 24.1 Å². The zero-order chi connectivity index (χ0) is 17.2. The maximum atomic E-state index is 12.2. The van der Waals surface area contributed by atoms with Crippen LogP contribution < -0.4 is 0 Å². The number of para-hydroxylation sites is 2. The summed E-state index contributed by atoms with van der Waals surface area (Å²) in [5.74, 6) is 0.232. The maximum Gasteiger partial charge on any atom is 0.162 e. The maximum absolute atomic E-state index is 12.2. The minimum absolute atomic E-state index is 0.232. The third kappa shape index (κ3) is 2.74. The molecule has 0 aliphatic rings. The number of fused-ring (bicyclic) bond motifs is 3. The van der Waals surface area contributed by atoms with Crippen LogP contribution in [0.2, 0.25) is 0 Å². The third-order valence-electron chi connectivity index (χ3n) is 4.78. The van der Waals surface area contributed by atoms with Crippen LogP contribution in [0.1, 0.15) is 36.5 Å². The lowest BCUT2D eigenvalue weighted by molar-refractivity contribution is 0.0980. The van der Waals surface area contributed by atoms with Gasteiger partial charge in [0, 0.05) is 28.4 Å². The number of aromatic nitrogens is 1. The summed E-state index contributed by atoms with van der Waals surface area (Å²) in [6.45, 7) is 2.11. The van der Waals surface area contributed by atoms with Gasteiger partial charge >= 0.3 is 0 Å². The summed E-state index contributed by atoms with van der Waals surface area (Å²) in [6, 6.07) is 24.9. The van der Waals surface area contributed by atoms with E-state index in [4.69, 9.17) is 0 Å². The average molecular weight is 327 g/mol. The third-order valence-corrected chi connectivity index (χ3v) is 4.78. The summed E-state index contributed by atoms with van der Waals surface area (Å²) < 4.78 is 2.27. The predicted octanol–water partition coefficient (Wildman–Crippen LogP) is 6.16. The summed E-state index contributed by atoms with van der Waals surface area (Å²) in [6.07, 6.45) is 2.63. The number of benzene rings is 3. The SMILES string of the molecule is CCCCC(=O)c1ccc(-n2c3ccccc3c3ccccc32)cc1. The Balaban J connectivity index is 1.83. The van der Waals surface area contributed by atoms with Crippen LogP contribution >= 0.6 is 0 Å². The molecule has 4 rings (SSSR count). The van der Waals surface area contributed by atoms with Crippen LogP contribution in [0.5, 0.6) is 0 Å². The largest absolute Gasteiger partial charge is 0.309 e. The van der Waals surface area contributed by atoms with E-state index in [2.05, 4.69) is 72.2 Å². The van der Waals surface area contributed by atoms with Gasteiger partial charge in [-0.05, 0) is 42.8 Å². The molecule has 25 heavy (non-hydrogen) atoms. The molecule has 1 aromatic heterocycles. The fourth-order valence-corrected chi connectivity index (χ4v) is 3.48. The van der Waals surface area contributed by atoms with Crippen molar-refractivity contribution in [3.8, 4) is 5.69 Å². The molecule has 0 atom stereocenters. The smallest absolute Gasteiger partial charge is 0.162 e. The molecular formula is C23H21NO. The molecule has 0 aliphatic heterocycles. The number of hydrogen-bond donors (Lipinski definition) is 0. The van der Waals surface area contributed by atoms with Crippen LogP contribution in [0.4, 0.5) is 0 Å². The Morgan fingerprint density at radius 2 is 1.36 bits per heavy atom. The second kappa shape index (κ2) is 6.56. The molecule has 0 radical (unpaired) electrons. The van der Waals surface area contributed by atoms with Crippen LogP contribution in [0.15, 0.2) is 72.8 Å². The molecule has 0 saturated heterocycles. The van der Waals surface area contributed by atoms with E-state index in [1.807, 2.05) is 12.1 Å². The van der Waals surface area contributed by atoms with Crippen molar-refractivity contribution in [3.63, 3.8) is 0 Å². The fourth-order valence-electron chi connectivity index (χ4n) is 3.48. The number of hydrogen-bond acceptors (Lipinski definition) is 1. The lowest BCUT2D eigenvalue weighted by Crippen LogP contribution is -2.00. The Labute approximate surface area is 147 Å². The van der Waals surface area contributed by atoms with Crippen molar-refractivity contribution in [3.05, 3.63) is 78.4 Å². The molecule has 0 aliphatic carbocycles. The minimum atomic E-state index is 0.232. The second-order valence-corrected chi connectivity index (χ2v) is 6.44. The zero-order valence-corrected chi connectivity index (χ0v) is 14.4. The number of carbonyl (C=O) groups is 1. The highest BCUT2D eigenvalue weighted by Crippen LogP contribution is 2.31. The summed E-state index contributed by atoms with van der Waals surface area (Å²) >= 11 is 0. The molecule has 0 spiro atoms. The lowest BCUT2D eigenvalue weighted by Gasteiger charge is -2.09. The Kier molecular flexibility index (Phi) is 4.10. The van der Waals surface area contributed by atoms with E-state index in [-0.39, 0.29) is 5.78 Å². The molecule has 3 aromatic carbocycles. The van der Waals surface area contributed by atoms with E-state index in [9.17, 15) is 4.79 Å². The van der Waals surface area contributed by atoms with Crippen LogP contribution in [0, 0.1) is 0 Å². The van der Waals surface area contributed by atoms with E-state index >= 15 is 0 Å². The lowest BCUT2D eigenvalue weighted by atomic mass is 10.1. The highest BCUT2D eigenvalue weighted by atomic mass is 16.1. The van der Waals surface area contributed by atoms with Gasteiger partial charge in [0.1, 0.15) is 0 Å². The van der Waals surface area contributed by atoms with Gasteiger partial charge < -0.3 is 4.57 Å². The highest BCUT2D eigenvalue weighted by molar-refractivity contribution is 6.09. The number of Topliss-reactive ketones (excluding diaryl/α,β-unsaturated/α-hetero) is 1. The van der Waals surface area contributed by atoms with Gasteiger partial charge in [-0.2, -0.15) is 0 Å². The number of nitrogens with zero attached hydrogens (tertiary/aromatic N) is 1. The molecule has 2 nitrogen and oxygen atoms in total. The molecule has 0 bridgehead atoms. The van der Waals surface area contributed by atoms with Crippen LogP contribution in [-0.4, -0.2) is 10.4 Å². The Morgan fingerprint density at radius 1 is 0.800 bits per heavy atom. The van der Waals surface area contributed by atoms with Gasteiger partial charge in [-0.1, -0.05) is 49.7 Å². The van der Waals surface area contributed by atoms with Crippen molar-refractivity contribution in [1.82, 2.24) is 4.57 Å². The quantitative estimate of drug-likeness (QED) is 0.403. The number of carbonyl (C=O) groups excluding carboxylic acids is 1. The second-order valence-electron chi connectivity index (χ2n) is 6.44. The molecule has 0 amide bonds. The van der Waals surface area contributed by atoms with Gasteiger partial charge in [-0.3, -0.25) is 4.79 Å². The summed E-state index contributed by atoms with van der Waals surface area (Å²) in [7, 11) is 0. The van der Waals surface area contributed by atoms with Crippen LogP contribution in [-0.2, 0) is 0 Å². The molecule has 0 fully saturated rings.